The van der Waals surface area contributed by atoms with E-state index >= 15 is 0 Å². The zero-order chi connectivity index (χ0) is 13.6. The lowest BCUT2D eigenvalue weighted by Gasteiger charge is -2.31. The summed E-state index contributed by atoms with van der Waals surface area (Å²) in [5, 5.41) is 7.48. The summed E-state index contributed by atoms with van der Waals surface area (Å²) in [5.74, 6) is -24.6. The predicted molar refractivity (Wildman–Crippen MR) is 34.5 cm³/mol. The van der Waals surface area contributed by atoms with Crippen LogP contribution in [0.2, 0.25) is 0 Å². The molecular weight excluding hydrogens is 277 g/mol. The Morgan fingerprint density at radius 3 is 1.24 bits per heavy atom. The molecule has 0 aliphatic carbocycles. The highest BCUT2D eigenvalue weighted by Gasteiger charge is 2.84. The average molecular weight is 282 g/mol. The van der Waals surface area contributed by atoms with Crippen LogP contribution in [0.25, 0.3) is 0 Å². The molecule has 0 heterocycles. The molecule has 0 unspecified atom stereocenters. The summed E-state index contributed by atoms with van der Waals surface area (Å²) in [5.41, 5.74) is 0. The number of quaternary nitrogens is 1. The molecule has 0 fully saturated rings. The van der Waals surface area contributed by atoms with Crippen molar-refractivity contribution < 1.29 is 49.4 Å². The van der Waals surface area contributed by atoms with Crippen LogP contribution in [0.15, 0.2) is 0 Å². The van der Waals surface area contributed by atoms with E-state index in [0.29, 0.717) is 0 Å². The van der Waals surface area contributed by atoms with Crippen molar-refractivity contribution in [1.82, 2.24) is 6.15 Å². The first-order valence-corrected chi connectivity index (χ1v) is 3.13. The third kappa shape index (κ3) is 2.40. The molecule has 0 rings (SSSR count). The normalized spacial score (nSPS) is 14.2. The van der Waals surface area contributed by atoms with E-state index in [-0.39, 0.29) is 6.15 Å². The molecule has 0 saturated heterocycles. The van der Waals surface area contributed by atoms with Crippen LogP contribution in [0, 0.1) is 0 Å². The van der Waals surface area contributed by atoms with Gasteiger partial charge >= 0.3 is 29.9 Å². The van der Waals surface area contributed by atoms with E-state index in [4.69, 9.17) is 5.11 Å². The highest BCUT2D eigenvalue weighted by Crippen LogP contribution is 2.52. The lowest BCUT2D eigenvalue weighted by Crippen LogP contribution is -2.63. The van der Waals surface area contributed by atoms with Gasteiger partial charge in [-0.15, -0.1) is 0 Å². The zero-order valence-electron chi connectivity index (χ0n) is 7.76. The molecule has 0 radical (unpaired) electrons. The average Bonchev–Trinajstić information content (AvgIpc) is 2.00. The number of carboxylic acid groups (broad SMARTS) is 1. The summed E-state index contributed by atoms with van der Waals surface area (Å²) in [6, 6.07) is 0. The summed E-state index contributed by atoms with van der Waals surface area (Å²) in [6.45, 7) is 0. The van der Waals surface area contributed by atoms with Crippen molar-refractivity contribution in [3.05, 3.63) is 0 Å². The lowest BCUT2D eigenvalue weighted by atomic mass is 10.0. The van der Waals surface area contributed by atoms with Crippen LogP contribution in [0.3, 0.4) is 0 Å². The highest BCUT2D eigenvalue weighted by molar-refractivity contribution is 5.77. The quantitative estimate of drug-likeness (QED) is 0.781. The van der Waals surface area contributed by atoms with Gasteiger partial charge in [0.1, 0.15) is 0 Å². The Labute approximate surface area is 86.8 Å². The third-order valence-electron chi connectivity index (χ3n) is 1.41. The Hall–Kier alpha value is -1.20. The summed E-state index contributed by atoms with van der Waals surface area (Å²) < 4.78 is 106. The van der Waals surface area contributed by atoms with E-state index in [1.165, 1.54) is 0 Å². The number of halogens is 9. The van der Waals surface area contributed by atoms with Crippen molar-refractivity contribution in [2.24, 2.45) is 0 Å². The van der Waals surface area contributed by atoms with Crippen molar-refractivity contribution in [3.8, 4) is 0 Å². The fourth-order valence-electron chi connectivity index (χ4n) is 0.509. The van der Waals surface area contributed by atoms with Gasteiger partial charge in [0, 0.05) is 0 Å². The molecule has 17 heavy (non-hydrogen) atoms. The molecular formula is C5H5F9NO2+. The van der Waals surface area contributed by atoms with Gasteiger partial charge < -0.3 is 11.3 Å². The van der Waals surface area contributed by atoms with Crippen molar-refractivity contribution >= 4 is 5.97 Å². The molecule has 0 aromatic heterocycles. The number of aliphatic carboxylic acids is 1. The number of hydrogen-bond donors (Lipinski definition) is 2. The zero-order valence-corrected chi connectivity index (χ0v) is 7.76. The smallest absolute Gasteiger partial charge is 0.460 e. The van der Waals surface area contributed by atoms with Gasteiger partial charge in [0.05, 0.1) is 0 Å². The Kier molecular flexibility index (Phi) is 4.53. The molecule has 0 bridgehead atoms. The summed E-state index contributed by atoms with van der Waals surface area (Å²) in [6.07, 6.45) is -7.00. The number of alkyl halides is 9. The number of carbonyl (C=O) groups is 1. The molecule has 0 saturated carbocycles. The van der Waals surface area contributed by atoms with Crippen molar-refractivity contribution in [3.63, 3.8) is 0 Å². The van der Waals surface area contributed by atoms with Crippen LogP contribution in [0.1, 0.15) is 0 Å². The van der Waals surface area contributed by atoms with E-state index in [0.717, 1.165) is 0 Å². The van der Waals surface area contributed by atoms with E-state index in [2.05, 4.69) is 0 Å². The lowest BCUT2D eigenvalue weighted by molar-refractivity contribution is -0.390. The van der Waals surface area contributed by atoms with Gasteiger partial charge in [-0.1, -0.05) is 0 Å². The molecule has 0 aromatic rings. The van der Waals surface area contributed by atoms with Crippen molar-refractivity contribution in [1.29, 1.82) is 0 Å². The maximum atomic E-state index is 12.1. The molecule has 0 aliphatic rings. The monoisotopic (exact) mass is 282 g/mol. The first-order valence-electron chi connectivity index (χ1n) is 3.13. The molecule has 104 valence electrons. The summed E-state index contributed by atoms with van der Waals surface area (Å²) in [4.78, 5) is 9.51. The maximum absolute atomic E-state index is 12.1. The second-order valence-corrected chi connectivity index (χ2v) is 2.53. The largest absolute Gasteiger partial charge is 0.477 e. The summed E-state index contributed by atoms with van der Waals surface area (Å²) >= 11 is 0. The topological polar surface area (TPSA) is 73.8 Å². The standard InChI is InChI=1S/C5HF9O2.H3N/c6-2(7,1(15)16)3(8,9)4(10,11)5(12,13)14;/h(H,15,16);1H3/p+1. The van der Waals surface area contributed by atoms with Crippen LogP contribution in [0.5, 0.6) is 0 Å². The Bertz CT molecular complexity index is 296. The van der Waals surface area contributed by atoms with Crippen LogP contribution in [-0.4, -0.2) is 35.0 Å². The number of hydrogen-bond acceptors (Lipinski definition) is 1. The maximum Gasteiger partial charge on any atom is 0.460 e. The van der Waals surface area contributed by atoms with E-state index in [1.54, 1.807) is 0 Å². The van der Waals surface area contributed by atoms with Crippen molar-refractivity contribution in [2.75, 3.05) is 0 Å². The van der Waals surface area contributed by atoms with Gasteiger partial charge in [0.2, 0.25) is 0 Å². The predicted octanol–water partition coefficient (Wildman–Crippen LogP) is 2.92. The van der Waals surface area contributed by atoms with E-state index in [9.17, 15) is 44.3 Å². The fraction of sp³-hybridized carbons (Fsp3) is 0.800. The second-order valence-electron chi connectivity index (χ2n) is 2.53. The van der Waals surface area contributed by atoms with Gasteiger partial charge in [-0.3, -0.25) is 0 Å². The minimum absolute atomic E-state index is 0. The van der Waals surface area contributed by atoms with Crippen molar-refractivity contribution in [2.45, 2.75) is 23.9 Å². The third-order valence-corrected chi connectivity index (χ3v) is 1.41. The van der Waals surface area contributed by atoms with Gasteiger partial charge in [0.15, 0.2) is 0 Å². The fourth-order valence-corrected chi connectivity index (χ4v) is 0.509. The molecule has 0 aromatic carbocycles. The van der Waals surface area contributed by atoms with Gasteiger partial charge in [0.25, 0.3) is 0 Å². The van der Waals surface area contributed by atoms with E-state index in [1.807, 2.05) is 0 Å². The first kappa shape index (κ1) is 18.2. The van der Waals surface area contributed by atoms with Crippen LogP contribution < -0.4 is 6.15 Å². The molecule has 0 aliphatic heterocycles. The van der Waals surface area contributed by atoms with Crippen LogP contribution in [-0.2, 0) is 4.79 Å². The molecule has 5 N–H and O–H groups in total. The summed E-state index contributed by atoms with van der Waals surface area (Å²) in [7, 11) is 0. The Morgan fingerprint density at radius 1 is 0.765 bits per heavy atom. The minimum Gasteiger partial charge on any atom is -0.477 e. The molecule has 0 spiro atoms. The van der Waals surface area contributed by atoms with E-state index < -0.39 is 29.9 Å². The van der Waals surface area contributed by atoms with Gasteiger partial charge in [-0.05, 0) is 0 Å². The number of rotatable bonds is 3. The molecule has 0 amide bonds. The Balaban J connectivity index is 0. The molecule has 12 heteroatoms. The SMILES string of the molecule is O=C(O)C(F)(F)C(F)(F)C(F)(F)C(F)(F)F.[NH4+]. The molecule has 0 atom stereocenters. The first-order chi connectivity index (χ1) is 6.69. The van der Waals surface area contributed by atoms with Gasteiger partial charge in [-0.2, -0.15) is 39.5 Å². The number of carboxylic acids is 1. The molecule has 3 nitrogen and oxygen atoms in total. The Morgan fingerprint density at radius 2 is 1.06 bits per heavy atom. The minimum atomic E-state index is -7.16. The van der Waals surface area contributed by atoms with Crippen LogP contribution >= 0.6 is 0 Å². The van der Waals surface area contributed by atoms with Crippen LogP contribution in [0.4, 0.5) is 39.5 Å². The highest BCUT2D eigenvalue weighted by atomic mass is 19.4. The van der Waals surface area contributed by atoms with Gasteiger partial charge in [-0.25, -0.2) is 4.79 Å². The second kappa shape index (κ2) is 4.23.